The van der Waals surface area contributed by atoms with Crippen molar-refractivity contribution in [2.45, 2.75) is 60.8 Å². The summed E-state index contributed by atoms with van der Waals surface area (Å²) in [7, 11) is 6.92. The second-order valence-corrected chi connectivity index (χ2v) is 8.99. The summed E-state index contributed by atoms with van der Waals surface area (Å²) in [6.45, 7) is 15.5. The Morgan fingerprint density at radius 3 is 1.65 bits per heavy atom. The summed E-state index contributed by atoms with van der Waals surface area (Å²) in [6.07, 6.45) is 4.08. The van der Waals surface area contributed by atoms with Crippen molar-refractivity contribution in [2.24, 2.45) is 16.7 Å². The predicted octanol–water partition coefficient (Wildman–Crippen LogP) is 4.57. The van der Waals surface area contributed by atoms with E-state index >= 15 is 0 Å². The second kappa shape index (κ2) is 5.73. The van der Waals surface area contributed by atoms with Crippen molar-refractivity contribution in [2.75, 3.05) is 27.7 Å². The average Bonchev–Trinajstić information content (AvgIpc) is 1.95. The van der Waals surface area contributed by atoms with Gasteiger partial charge in [0.25, 0.3) is 0 Å². The largest absolute Gasteiger partial charge is 0.331 e. The zero-order chi connectivity index (χ0) is 13.9. The Labute approximate surface area is 110 Å². The lowest BCUT2D eigenvalue weighted by molar-refractivity contribution is -0.874. The van der Waals surface area contributed by atoms with E-state index in [1.54, 1.807) is 0 Å². The summed E-state index contributed by atoms with van der Waals surface area (Å²) < 4.78 is 1.08. The van der Waals surface area contributed by atoms with Crippen LogP contribution in [0.3, 0.4) is 0 Å². The van der Waals surface area contributed by atoms with Gasteiger partial charge in [0.15, 0.2) is 0 Å². The molecule has 1 atom stereocenters. The van der Waals surface area contributed by atoms with Crippen LogP contribution >= 0.6 is 0 Å². The van der Waals surface area contributed by atoms with E-state index in [1.165, 1.54) is 25.8 Å². The molecule has 0 aromatic rings. The number of rotatable bonds is 5. The number of nitrogens with zero attached hydrogens (tertiary/aromatic N) is 1. The van der Waals surface area contributed by atoms with Crippen LogP contribution in [0.25, 0.3) is 0 Å². The Bertz CT molecular complexity index is 209. The third-order valence-corrected chi connectivity index (χ3v) is 3.47. The molecule has 0 heterocycles. The van der Waals surface area contributed by atoms with Crippen LogP contribution in [0.4, 0.5) is 0 Å². The summed E-state index contributed by atoms with van der Waals surface area (Å²) in [6, 6.07) is 0. The fourth-order valence-electron chi connectivity index (χ4n) is 2.34. The van der Waals surface area contributed by atoms with Crippen molar-refractivity contribution in [1.29, 1.82) is 0 Å². The van der Waals surface area contributed by atoms with Crippen LogP contribution in [0.1, 0.15) is 60.8 Å². The smallest absolute Gasteiger partial charge is 0.0814 e. The molecule has 1 unspecified atom stereocenters. The summed E-state index contributed by atoms with van der Waals surface area (Å²) in [5.74, 6) is 0.824. The van der Waals surface area contributed by atoms with E-state index in [0.717, 1.165) is 10.4 Å². The monoisotopic (exact) mass is 242 g/mol. The highest BCUT2D eigenvalue weighted by molar-refractivity contribution is 4.75. The molecule has 0 amide bonds. The van der Waals surface area contributed by atoms with E-state index in [2.05, 4.69) is 62.7 Å². The fraction of sp³-hybridized carbons (Fsp3) is 1.00. The molecule has 1 nitrogen and oxygen atoms in total. The van der Waals surface area contributed by atoms with Crippen LogP contribution in [-0.4, -0.2) is 32.2 Å². The van der Waals surface area contributed by atoms with Crippen LogP contribution in [0.15, 0.2) is 0 Å². The molecule has 0 spiro atoms. The first-order valence-electron chi connectivity index (χ1n) is 7.12. The number of hydrogen-bond acceptors (Lipinski definition) is 0. The molecule has 0 N–H and O–H groups in total. The lowest BCUT2D eigenvalue weighted by Gasteiger charge is -2.37. The van der Waals surface area contributed by atoms with Crippen molar-refractivity contribution >= 4 is 0 Å². The average molecular weight is 242 g/mol. The summed E-state index contributed by atoms with van der Waals surface area (Å²) in [5.41, 5.74) is 0.919. The topological polar surface area (TPSA) is 0 Å². The molecule has 0 bridgehead atoms. The maximum absolute atomic E-state index is 2.39. The first-order chi connectivity index (χ1) is 7.31. The van der Waals surface area contributed by atoms with Gasteiger partial charge >= 0.3 is 0 Å². The van der Waals surface area contributed by atoms with Crippen molar-refractivity contribution in [3.8, 4) is 0 Å². The van der Waals surface area contributed by atoms with E-state index in [4.69, 9.17) is 0 Å². The maximum Gasteiger partial charge on any atom is 0.0814 e. The Morgan fingerprint density at radius 1 is 0.882 bits per heavy atom. The van der Waals surface area contributed by atoms with Crippen LogP contribution in [0.5, 0.6) is 0 Å². The summed E-state index contributed by atoms with van der Waals surface area (Å²) in [5, 5.41) is 0. The molecular weight excluding hydrogens is 206 g/mol. The van der Waals surface area contributed by atoms with Crippen molar-refractivity contribution in [3.05, 3.63) is 0 Å². The third kappa shape index (κ3) is 9.64. The van der Waals surface area contributed by atoms with Gasteiger partial charge in [-0.3, -0.25) is 0 Å². The molecule has 0 saturated carbocycles. The molecular formula is C16H36N+. The maximum atomic E-state index is 2.39. The van der Waals surface area contributed by atoms with Crippen LogP contribution in [0.2, 0.25) is 0 Å². The molecule has 0 rings (SSSR count). The van der Waals surface area contributed by atoms with Crippen molar-refractivity contribution in [3.63, 3.8) is 0 Å². The van der Waals surface area contributed by atoms with Crippen LogP contribution in [0, 0.1) is 16.7 Å². The van der Waals surface area contributed by atoms with Crippen LogP contribution < -0.4 is 0 Å². The molecule has 0 aliphatic rings. The third-order valence-electron chi connectivity index (χ3n) is 3.47. The molecule has 0 radical (unpaired) electrons. The zero-order valence-electron chi connectivity index (χ0n) is 13.9. The lowest BCUT2D eigenvalue weighted by Crippen LogP contribution is -2.43. The van der Waals surface area contributed by atoms with Gasteiger partial charge in [-0.2, -0.15) is 0 Å². The summed E-state index contributed by atoms with van der Waals surface area (Å²) in [4.78, 5) is 0. The minimum atomic E-state index is 0.434. The highest BCUT2D eigenvalue weighted by atomic mass is 15.3. The predicted molar refractivity (Wildman–Crippen MR) is 79.2 cm³/mol. The molecule has 0 aliphatic heterocycles. The molecule has 0 saturated heterocycles. The van der Waals surface area contributed by atoms with Crippen LogP contribution in [-0.2, 0) is 0 Å². The van der Waals surface area contributed by atoms with E-state index in [9.17, 15) is 0 Å². The zero-order valence-corrected chi connectivity index (χ0v) is 13.9. The molecule has 0 aromatic heterocycles. The fourth-order valence-corrected chi connectivity index (χ4v) is 2.34. The van der Waals surface area contributed by atoms with Gasteiger partial charge in [0, 0.05) is 5.92 Å². The quantitative estimate of drug-likeness (QED) is 0.619. The first kappa shape index (κ1) is 17.0. The van der Waals surface area contributed by atoms with Gasteiger partial charge in [-0.1, -0.05) is 48.0 Å². The Hall–Kier alpha value is -0.0400. The van der Waals surface area contributed by atoms with Gasteiger partial charge in [-0.15, -0.1) is 0 Å². The molecule has 0 fully saturated rings. The highest BCUT2D eigenvalue weighted by Crippen LogP contribution is 2.33. The minimum absolute atomic E-state index is 0.434. The molecule has 17 heavy (non-hydrogen) atoms. The number of quaternary nitrogens is 1. The van der Waals surface area contributed by atoms with E-state index in [0.29, 0.717) is 10.8 Å². The Morgan fingerprint density at radius 2 is 1.35 bits per heavy atom. The van der Waals surface area contributed by atoms with Crippen molar-refractivity contribution in [1.82, 2.24) is 0 Å². The van der Waals surface area contributed by atoms with E-state index in [-0.39, 0.29) is 0 Å². The molecule has 0 aromatic carbocycles. The van der Waals surface area contributed by atoms with Gasteiger partial charge in [0.1, 0.15) is 0 Å². The van der Waals surface area contributed by atoms with Crippen molar-refractivity contribution < 1.29 is 4.48 Å². The van der Waals surface area contributed by atoms with E-state index < -0.39 is 0 Å². The SMILES string of the molecule is CC(C)(C)CCCC(C[N+](C)(C)C)C(C)(C)C. The minimum Gasteiger partial charge on any atom is -0.331 e. The first-order valence-corrected chi connectivity index (χ1v) is 7.12. The van der Waals surface area contributed by atoms with Gasteiger partial charge in [-0.05, 0) is 23.7 Å². The van der Waals surface area contributed by atoms with Gasteiger partial charge in [-0.25, -0.2) is 0 Å². The number of hydrogen-bond donors (Lipinski definition) is 0. The normalized spacial score (nSPS) is 16.1. The highest BCUT2D eigenvalue weighted by Gasteiger charge is 2.29. The molecule has 104 valence electrons. The molecule has 1 heteroatoms. The Balaban J connectivity index is 4.33. The van der Waals surface area contributed by atoms with E-state index in [1.807, 2.05) is 0 Å². The van der Waals surface area contributed by atoms with Gasteiger partial charge in [0.2, 0.25) is 0 Å². The molecule has 0 aliphatic carbocycles. The Kier molecular flexibility index (Phi) is 5.72. The second-order valence-electron chi connectivity index (χ2n) is 8.99. The standard InChI is InChI=1S/C16H36N/c1-15(2,3)12-10-11-14(16(4,5)6)13-17(7,8)9/h14H,10-13H2,1-9H3/q+1. The lowest BCUT2D eigenvalue weighted by atomic mass is 9.76. The van der Waals surface area contributed by atoms with Gasteiger partial charge in [0.05, 0.1) is 27.7 Å². The summed E-state index contributed by atoms with van der Waals surface area (Å²) >= 11 is 0. The van der Waals surface area contributed by atoms with Gasteiger partial charge < -0.3 is 4.48 Å².